The zero-order valence-electron chi connectivity index (χ0n) is 11.0. The standard InChI is InChI=1S/C15H16FN3/c1-9(2)8-19-6-5-11-14(19)12-7-10(16)3-4-13(12)18-15(11)17/h3-7,9H,8H2,1-2H3,(H2,17,18). The third kappa shape index (κ3) is 1.93. The van der Waals surface area contributed by atoms with Gasteiger partial charge in [0.25, 0.3) is 0 Å². The Labute approximate surface area is 110 Å². The van der Waals surface area contributed by atoms with E-state index in [1.807, 2.05) is 12.3 Å². The van der Waals surface area contributed by atoms with E-state index in [-0.39, 0.29) is 5.82 Å². The van der Waals surface area contributed by atoms with Gasteiger partial charge in [0, 0.05) is 23.5 Å². The molecule has 2 heterocycles. The molecule has 0 fully saturated rings. The van der Waals surface area contributed by atoms with Gasteiger partial charge >= 0.3 is 0 Å². The van der Waals surface area contributed by atoms with Crippen LogP contribution in [0.3, 0.4) is 0 Å². The van der Waals surface area contributed by atoms with Crippen molar-refractivity contribution >= 4 is 27.6 Å². The first-order valence-corrected chi connectivity index (χ1v) is 6.40. The smallest absolute Gasteiger partial charge is 0.133 e. The minimum Gasteiger partial charge on any atom is -0.383 e. The number of anilines is 1. The van der Waals surface area contributed by atoms with E-state index in [1.54, 1.807) is 6.07 Å². The summed E-state index contributed by atoms with van der Waals surface area (Å²) in [5.41, 5.74) is 7.69. The lowest BCUT2D eigenvalue weighted by atomic mass is 10.1. The molecule has 0 saturated carbocycles. The SMILES string of the molecule is CC(C)Cn1ccc2c(N)nc3ccc(F)cc3c21. The van der Waals surface area contributed by atoms with Crippen LogP contribution in [-0.2, 0) is 6.54 Å². The number of aromatic nitrogens is 2. The van der Waals surface area contributed by atoms with Crippen molar-refractivity contribution in [2.24, 2.45) is 5.92 Å². The zero-order chi connectivity index (χ0) is 13.6. The van der Waals surface area contributed by atoms with Crippen LogP contribution < -0.4 is 5.73 Å². The normalized spacial score (nSPS) is 11.8. The van der Waals surface area contributed by atoms with Gasteiger partial charge in [-0.15, -0.1) is 0 Å². The van der Waals surface area contributed by atoms with Crippen LogP contribution >= 0.6 is 0 Å². The summed E-state index contributed by atoms with van der Waals surface area (Å²) in [6, 6.07) is 6.56. The lowest BCUT2D eigenvalue weighted by molar-refractivity contribution is 0.536. The topological polar surface area (TPSA) is 43.8 Å². The largest absolute Gasteiger partial charge is 0.383 e. The molecule has 98 valence electrons. The summed E-state index contributed by atoms with van der Waals surface area (Å²) >= 11 is 0. The van der Waals surface area contributed by atoms with E-state index < -0.39 is 0 Å². The fraction of sp³-hybridized carbons (Fsp3) is 0.267. The number of nitrogen functional groups attached to an aromatic ring is 1. The quantitative estimate of drug-likeness (QED) is 0.762. The molecule has 2 N–H and O–H groups in total. The Morgan fingerprint density at radius 3 is 2.79 bits per heavy atom. The van der Waals surface area contributed by atoms with Gasteiger partial charge in [-0.05, 0) is 30.2 Å². The van der Waals surface area contributed by atoms with Crippen molar-refractivity contribution in [3.63, 3.8) is 0 Å². The van der Waals surface area contributed by atoms with Crippen molar-refractivity contribution in [1.29, 1.82) is 0 Å². The first kappa shape index (κ1) is 12.0. The fourth-order valence-corrected chi connectivity index (χ4v) is 2.51. The van der Waals surface area contributed by atoms with Crippen LogP contribution in [0.25, 0.3) is 21.8 Å². The Morgan fingerprint density at radius 1 is 1.26 bits per heavy atom. The molecule has 2 aromatic heterocycles. The third-order valence-corrected chi connectivity index (χ3v) is 3.26. The van der Waals surface area contributed by atoms with Gasteiger partial charge in [-0.1, -0.05) is 13.8 Å². The zero-order valence-corrected chi connectivity index (χ0v) is 11.0. The van der Waals surface area contributed by atoms with Crippen molar-refractivity contribution in [2.75, 3.05) is 5.73 Å². The van der Waals surface area contributed by atoms with Crippen LogP contribution in [-0.4, -0.2) is 9.55 Å². The predicted molar refractivity (Wildman–Crippen MR) is 76.4 cm³/mol. The van der Waals surface area contributed by atoms with Gasteiger partial charge in [0.2, 0.25) is 0 Å². The first-order chi connectivity index (χ1) is 9.06. The molecule has 3 rings (SSSR count). The van der Waals surface area contributed by atoms with Crippen molar-refractivity contribution in [1.82, 2.24) is 9.55 Å². The number of halogens is 1. The molecule has 4 heteroatoms. The Bertz CT molecular complexity index is 759. The van der Waals surface area contributed by atoms with Gasteiger partial charge in [-0.3, -0.25) is 0 Å². The maximum absolute atomic E-state index is 13.5. The van der Waals surface area contributed by atoms with E-state index in [2.05, 4.69) is 23.4 Å². The van der Waals surface area contributed by atoms with Crippen molar-refractivity contribution in [3.8, 4) is 0 Å². The number of nitrogens with two attached hydrogens (primary N) is 1. The first-order valence-electron chi connectivity index (χ1n) is 6.40. The molecule has 19 heavy (non-hydrogen) atoms. The molecule has 0 bridgehead atoms. The summed E-state index contributed by atoms with van der Waals surface area (Å²) in [4.78, 5) is 4.34. The lowest BCUT2D eigenvalue weighted by Crippen LogP contribution is -2.03. The summed E-state index contributed by atoms with van der Waals surface area (Å²) in [5.74, 6) is 0.753. The van der Waals surface area contributed by atoms with Crippen LogP contribution in [0.4, 0.5) is 10.2 Å². The molecule has 0 saturated heterocycles. The molecular weight excluding hydrogens is 241 g/mol. The number of hydrogen-bond acceptors (Lipinski definition) is 2. The lowest BCUT2D eigenvalue weighted by Gasteiger charge is -2.11. The monoisotopic (exact) mass is 257 g/mol. The van der Waals surface area contributed by atoms with Crippen molar-refractivity contribution < 1.29 is 4.39 Å². The number of fused-ring (bicyclic) bond motifs is 3. The van der Waals surface area contributed by atoms with Gasteiger partial charge in [-0.25, -0.2) is 9.37 Å². The molecule has 0 amide bonds. The van der Waals surface area contributed by atoms with E-state index in [1.165, 1.54) is 12.1 Å². The Morgan fingerprint density at radius 2 is 2.05 bits per heavy atom. The summed E-state index contributed by atoms with van der Waals surface area (Å²) < 4.78 is 15.6. The minimum atomic E-state index is -0.252. The average molecular weight is 257 g/mol. The summed E-state index contributed by atoms with van der Waals surface area (Å²) in [7, 11) is 0. The summed E-state index contributed by atoms with van der Waals surface area (Å²) in [6.45, 7) is 5.18. The molecule has 0 unspecified atom stereocenters. The van der Waals surface area contributed by atoms with Crippen LogP contribution in [0.1, 0.15) is 13.8 Å². The molecule has 3 nitrogen and oxygen atoms in total. The van der Waals surface area contributed by atoms with Crippen LogP contribution in [0.15, 0.2) is 30.5 Å². The number of benzene rings is 1. The molecule has 0 spiro atoms. The molecule has 0 atom stereocenters. The van der Waals surface area contributed by atoms with E-state index in [9.17, 15) is 4.39 Å². The molecule has 0 radical (unpaired) electrons. The highest BCUT2D eigenvalue weighted by atomic mass is 19.1. The summed E-state index contributed by atoms with van der Waals surface area (Å²) in [6.07, 6.45) is 1.99. The van der Waals surface area contributed by atoms with E-state index >= 15 is 0 Å². The highest BCUT2D eigenvalue weighted by molar-refractivity contribution is 6.08. The Kier molecular flexibility index (Phi) is 2.66. The van der Waals surface area contributed by atoms with Crippen molar-refractivity contribution in [2.45, 2.75) is 20.4 Å². The molecule has 0 aliphatic heterocycles. The Balaban J connectivity index is 2.41. The van der Waals surface area contributed by atoms with Gasteiger partial charge < -0.3 is 10.3 Å². The van der Waals surface area contributed by atoms with E-state index in [4.69, 9.17) is 5.73 Å². The van der Waals surface area contributed by atoms with Gasteiger partial charge in [0.1, 0.15) is 11.6 Å². The minimum absolute atomic E-state index is 0.252. The molecule has 0 aliphatic carbocycles. The van der Waals surface area contributed by atoms with Crippen LogP contribution in [0.5, 0.6) is 0 Å². The molecule has 0 aliphatic rings. The number of pyridine rings is 1. The van der Waals surface area contributed by atoms with Crippen LogP contribution in [0, 0.1) is 11.7 Å². The highest BCUT2D eigenvalue weighted by Crippen LogP contribution is 2.29. The average Bonchev–Trinajstić information content (AvgIpc) is 2.74. The van der Waals surface area contributed by atoms with Gasteiger partial charge in [0.05, 0.1) is 11.0 Å². The number of hydrogen-bond donors (Lipinski definition) is 1. The molecule has 3 aromatic rings. The second-order valence-corrected chi connectivity index (χ2v) is 5.28. The maximum Gasteiger partial charge on any atom is 0.133 e. The van der Waals surface area contributed by atoms with E-state index in [0.717, 1.165) is 28.4 Å². The highest BCUT2D eigenvalue weighted by Gasteiger charge is 2.12. The van der Waals surface area contributed by atoms with Crippen molar-refractivity contribution in [3.05, 3.63) is 36.3 Å². The molecule has 1 aromatic carbocycles. The number of rotatable bonds is 2. The maximum atomic E-state index is 13.5. The Hall–Kier alpha value is -2.10. The van der Waals surface area contributed by atoms with Crippen LogP contribution in [0.2, 0.25) is 0 Å². The van der Waals surface area contributed by atoms with Gasteiger partial charge in [0.15, 0.2) is 0 Å². The summed E-state index contributed by atoms with van der Waals surface area (Å²) in [5, 5.41) is 1.70. The van der Waals surface area contributed by atoms with Gasteiger partial charge in [-0.2, -0.15) is 0 Å². The predicted octanol–water partition coefficient (Wildman–Crippen LogP) is 3.57. The van der Waals surface area contributed by atoms with E-state index in [0.29, 0.717) is 11.7 Å². The second-order valence-electron chi connectivity index (χ2n) is 5.28. The number of nitrogens with zero attached hydrogens (tertiary/aromatic N) is 2. The fourth-order valence-electron chi connectivity index (χ4n) is 2.51. The molecular formula is C15H16FN3. The second kappa shape index (κ2) is 4.23. The third-order valence-electron chi connectivity index (χ3n) is 3.26.